The Labute approximate surface area is 139 Å². The first-order chi connectivity index (χ1) is 10.4. The summed E-state index contributed by atoms with van der Waals surface area (Å²) in [6, 6.07) is 0. The Hall–Kier alpha value is -1.30. The molecule has 0 fully saturated rings. The van der Waals surface area contributed by atoms with Crippen LogP contribution in [0.4, 0.5) is 0 Å². The fourth-order valence-electron chi connectivity index (χ4n) is 2.54. The first-order valence-electron chi connectivity index (χ1n) is 8.77. The molecule has 0 saturated heterocycles. The van der Waals surface area contributed by atoms with E-state index >= 15 is 0 Å². The van der Waals surface area contributed by atoms with Gasteiger partial charge in [-0.15, -0.1) is 0 Å². The summed E-state index contributed by atoms with van der Waals surface area (Å²) in [5, 5.41) is 0. The van der Waals surface area contributed by atoms with E-state index in [4.69, 9.17) is 0 Å². The Bertz CT molecular complexity index is 476. The summed E-state index contributed by atoms with van der Waals surface area (Å²) in [6.07, 6.45) is 17.0. The fourth-order valence-corrected chi connectivity index (χ4v) is 2.54. The number of hydrogen-bond donors (Lipinski definition) is 0. The van der Waals surface area contributed by atoms with Gasteiger partial charge in [-0.25, -0.2) is 0 Å². The van der Waals surface area contributed by atoms with E-state index in [1.807, 2.05) is 13.8 Å². The van der Waals surface area contributed by atoms with Crippen molar-refractivity contribution in [2.75, 3.05) is 0 Å². The average molecular weight is 301 g/mol. The molecule has 0 spiro atoms. The Balaban J connectivity index is 0.00000211. The molecule has 0 aromatic heterocycles. The first-order valence-corrected chi connectivity index (χ1v) is 8.77. The molecule has 0 atom stereocenters. The van der Waals surface area contributed by atoms with Gasteiger partial charge in [-0.1, -0.05) is 87.8 Å². The van der Waals surface area contributed by atoms with Crippen LogP contribution in [0.15, 0.2) is 58.7 Å². The highest BCUT2D eigenvalue weighted by molar-refractivity contribution is 5.40. The van der Waals surface area contributed by atoms with Crippen molar-refractivity contribution in [3.8, 4) is 0 Å². The normalized spacial score (nSPS) is 20.7. The minimum absolute atomic E-state index is 0.304. The summed E-state index contributed by atoms with van der Waals surface area (Å²) >= 11 is 0. The lowest BCUT2D eigenvalue weighted by Crippen LogP contribution is -2.18. The van der Waals surface area contributed by atoms with Crippen LogP contribution in [-0.4, -0.2) is 0 Å². The molecule has 0 heteroatoms. The van der Waals surface area contributed by atoms with Crippen LogP contribution >= 0.6 is 0 Å². The second-order valence-electron chi connectivity index (χ2n) is 6.53. The van der Waals surface area contributed by atoms with Crippen molar-refractivity contribution in [1.29, 1.82) is 0 Å². The quantitative estimate of drug-likeness (QED) is 0.470. The van der Waals surface area contributed by atoms with Crippen molar-refractivity contribution in [3.05, 3.63) is 58.7 Å². The topological polar surface area (TPSA) is 0 Å². The van der Waals surface area contributed by atoms with Crippen molar-refractivity contribution < 1.29 is 0 Å². The standard InChI is InChI=1S/C20H30.C2H6/c1-7-16(2)10-8-11-17(3)13-14-19-18(4)12-9-15-20(19,5)6;1-2/h8,10-14H,7,9,15H2,1-6H3;1-2H3/b11-8+,16-10+,17-13+,19-14+;. The Morgan fingerprint density at radius 2 is 1.82 bits per heavy atom. The lowest BCUT2D eigenvalue weighted by Gasteiger charge is -2.32. The molecule has 124 valence electrons. The molecule has 0 aromatic carbocycles. The molecule has 0 N–H and O–H groups in total. The van der Waals surface area contributed by atoms with E-state index in [0.29, 0.717) is 5.41 Å². The van der Waals surface area contributed by atoms with Crippen molar-refractivity contribution in [1.82, 2.24) is 0 Å². The van der Waals surface area contributed by atoms with Gasteiger partial charge in [0.05, 0.1) is 0 Å². The van der Waals surface area contributed by atoms with Gasteiger partial charge in [-0.2, -0.15) is 0 Å². The van der Waals surface area contributed by atoms with E-state index in [9.17, 15) is 0 Å². The Kier molecular flexibility index (Phi) is 9.81. The molecule has 0 heterocycles. The van der Waals surface area contributed by atoms with Gasteiger partial charge in [0, 0.05) is 0 Å². The van der Waals surface area contributed by atoms with Gasteiger partial charge >= 0.3 is 0 Å². The zero-order chi connectivity index (χ0) is 17.2. The maximum absolute atomic E-state index is 2.36. The molecule has 1 rings (SSSR count). The molecule has 1 aliphatic carbocycles. The first kappa shape index (κ1) is 20.7. The lowest BCUT2D eigenvalue weighted by atomic mass is 9.73. The zero-order valence-corrected chi connectivity index (χ0v) is 16.1. The van der Waals surface area contributed by atoms with Crippen molar-refractivity contribution in [2.24, 2.45) is 5.41 Å². The third-order valence-electron chi connectivity index (χ3n) is 4.18. The Morgan fingerprint density at radius 1 is 1.18 bits per heavy atom. The van der Waals surface area contributed by atoms with Gasteiger partial charge < -0.3 is 0 Å². The summed E-state index contributed by atoms with van der Waals surface area (Å²) in [4.78, 5) is 0. The number of allylic oxidation sites excluding steroid dienone is 10. The van der Waals surface area contributed by atoms with E-state index in [-0.39, 0.29) is 0 Å². The van der Waals surface area contributed by atoms with Gasteiger partial charge in [-0.3, -0.25) is 0 Å². The van der Waals surface area contributed by atoms with E-state index < -0.39 is 0 Å². The molecule has 0 saturated carbocycles. The Morgan fingerprint density at radius 3 is 2.36 bits per heavy atom. The van der Waals surface area contributed by atoms with Crippen molar-refractivity contribution >= 4 is 0 Å². The predicted molar refractivity (Wildman–Crippen MR) is 103 cm³/mol. The molecule has 0 unspecified atom stereocenters. The maximum Gasteiger partial charge on any atom is -0.00981 e. The predicted octanol–water partition coefficient (Wildman–Crippen LogP) is 7.56. The van der Waals surface area contributed by atoms with Crippen LogP contribution in [0.2, 0.25) is 0 Å². The lowest BCUT2D eigenvalue weighted by molar-refractivity contribution is 0.404. The van der Waals surface area contributed by atoms with E-state index in [0.717, 1.165) is 6.42 Å². The van der Waals surface area contributed by atoms with Crippen LogP contribution in [0.1, 0.15) is 74.7 Å². The summed E-state index contributed by atoms with van der Waals surface area (Å²) in [7, 11) is 0. The van der Waals surface area contributed by atoms with Gasteiger partial charge in [0.25, 0.3) is 0 Å². The third kappa shape index (κ3) is 7.11. The highest BCUT2D eigenvalue weighted by Gasteiger charge is 2.26. The second kappa shape index (κ2) is 10.4. The van der Waals surface area contributed by atoms with Gasteiger partial charge in [0.1, 0.15) is 0 Å². The smallest absolute Gasteiger partial charge is 0.00981 e. The summed E-state index contributed by atoms with van der Waals surface area (Å²) in [5.74, 6) is 0. The van der Waals surface area contributed by atoms with E-state index in [2.05, 4.69) is 78.0 Å². The van der Waals surface area contributed by atoms with Gasteiger partial charge in [-0.05, 0) is 51.0 Å². The SMILES string of the molecule is CC.CC/C(C)=C/C=C/C(C)=C/C=C1\C(C)=CCCC1(C)C. The highest BCUT2D eigenvalue weighted by atomic mass is 14.3. The minimum atomic E-state index is 0.304. The van der Waals surface area contributed by atoms with Crippen LogP contribution in [0.25, 0.3) is 0 Å². The molecule has 0 aliphatic heterocycles. The van der Waals surface area contributed by atoms with Gasteiger partial charge in [0.2, 0.25) is 0 Å². The zero-order valence-electron chi connectivity index (χ0n) is 16.1. The van der Waals surface area contributed by atoms with Crippen LogP contribution in [0.3, 0.4) is 0 Å². The average Bonchev–Trinajstić information content (AvgIpc) is 2.48. The number of hydrogen-bond acceptors (Lipinski definition) is 0. The fraction of sp³-hybridized carbons (Fsp3) is 0.545. The largest absolute Gasteiger partial charge is 0.0813 e. The summed E-state index contributed by atoms with van der Waals surface area (Å²) in [6.45, 7) is 17.5. The maximum atomic E-state index is 2.36. The third-order valence-corrected chi connectivity index (χ3v) is 4.18. The van der Waals surface area contributed by atoms with Gasteiger partial charge in [0.15, 0.2) is 0 Å². The molecule has 0 radical (unpaired) electrons. The second-order valence-corrected chi connectivity index (χ2v) is 6.53. The number of rotatable bonds is 4. The molecule has 0 amide bonds. The molecule has 0 bridgehead atoms. The van der Waals surface area contributed by atoms with Crippen LogP contribution in [-0.2, 0) is 0 Å². The summed E-state index contributed by atoms with van der Waals surface area (Å²) < 4.78 is 0. The van der Waals surface area contributed by atoms with Crippen LogP contribution in [0, 0.1) is 5.41 Å². The molecule has 1 aliphatic rings. The molecular formula is C22H36. The monoisotopic (exact) mass is 300 g/mol. The molecule has 0 nitrogen and oxygen atoms in total. The van der Waals surface area contributed by atoms with Crippen molar-refractivity contribution in [2.45, 2.75) is 74.7 Å². The molecule has 22 heavy (non-hydrogen) atoms. The minimum Gasteiger partial charge on any atom is -0.0813 e. The van der Waals surface area contributed by atoms with Crippen molar-refractivity contribution in [3.63, 3.8) is 0 Å². The van der Waals surface area contributed by atoms with Crippen LogP contribution in [0.5, 0.6) is 0 Å². The van der Waals surface area contributed by atoms with Crippen LogP contribution < -0.4 is 0 Å². The molecular weight excluding hydrogens is 264 g/mol. The van der Waals surface area contributed by atoms with E-state index in [1.54, 1.807) is 0 Å². The molecule has 0 aromatic rings. The van der Waals surface area contributed by atoms with E-state index in [1.165, 1.54) is 35.1 Å². The summed E-state index contributed by atoms with van der Waals surface area (Å²) in [5.41, 5.74) is 5.94. The highest BCUT2D eigenvalue weighted by Crippen LogP contribution is 2.40.